The first-order chi connectivity index (χ1) is 8.63. The summed E-state index contributed by atoms with van der Waals surface area (Å²) in [5, 5.41) is 1.29. The molecule has 1 aliphatic carbocycles. The number of benzene rings is 1. The molecule has 0 atom stereocenters. The fourth-order valence-corrected chi connectivity index (χ4v) is 3.40. The first-order valence-corrected chi connectivity index (χ1v) is 7.10. The molecule has 96 valence electrons. The Labute approximate surface area is 117 Å². The van der Waals surface area contributed by atoms with Gasteiger partial charge in [0.2, 0.25) is 0 Å². The minimum Gasteiger partial charge on any atom is -0.300 e. The lowest BCUT2D eigenvalue weighted by atomic mass is 9.99. The Hall–Kier alpha value is -0.570. The van der Waals surface area contributed by atoms with E-state index in [1.807, 2.05) is 12.1 Å². The second-order valence-corrected chi connectivity index (χ2v) is 5.94. The molecule has 1 aromatic rings. The number of hydrogen-bond acceptors (Lipinski definition) is 2. The zero-order valence-corrected chi connectivity index (χ0v) is 11.6. The van der Waals surface area contributed by atoms with Crippen LogP contribution >= 0.6 is 23.2 Å². The smallest absolute Gasteiger partial charge is 0.135 e. The molecule has 2 aliphatic rings. The molecule has 2 fully saturated rings. The van der Waals surface area contributed by atoms with E-state index < -0.39 is 0 Å². The second-order valence-electron chi connectivity index (χ2n) is 5.16. The van der Waals surface area contributed by atoms with Gasteiger partial charge in [0.25, 0.3) is 0 Å². The van der Waals surface area contributed by atoms with Crippen LogP contribution in [0.25, 0.3) is 0 Å². The lowest BCUT2D eigenvalue weighted by Crippen LogP contribution is -2.41. The predicted molar refractivity (Wildman–Crippen MR) is 73.2 cm³/mol. The van der Waals surface area contributed by atoms with Gasteiger partial charge in [-0.15, -0.1) is 0 Å². The van der Waals surface area contributed by atoms with Crippen LogP contribution in [0, 0.1) is 0 Å². The molecule has 0 aromatic heterocycles. The van der Waals surface area contributed by atoms with Gasteiger partial charge in [0.05, 0.1) is 10.0 Å². The van der Waals surface area contributed by atoms with Crippen molar-refractivity contribution in [3.8, 4) is 0 Å². The summed E-state index contributed by atoms with van der Waals surface area (Å²) in [4.78, 5) is 13.7. The van der Waals surface area contributed by atoms with Crippen LogP contribution in [0.4, 0.5) is 0 Å². The number of Topliss-reactive ketones (excluding diaryl/α,β-unsaturated/α-hetero) is 1. The molecule has 1 heterocycles. The van der Waals surface area contributed by atoms with Gasteiger partial charge in [-0.25, -0.2) is 0 Å². The largest absolute Gasteiger partial charge is 0.300 e. The number of likely N-dealkylation sites (tertiary alicyclic amines) is 1. The highest BCUT2D eigenvalue weighted by Crippen LogP contribution is 2.54. The lowest BCUT2D eigenvalue weighted by molar-refractivity contribution is -0.122. The predicted octanol–water partition coefficient (Wildman–Crippen LogP) is 3.65. The monoisotopic (exact) mass is 283 g/mol. The quantitative estimate of drug-likeness (QED) is 0.826. The van der Waals surface area contributed by atoms with E-state index >= 15 is 0 Å². The molecular formula is C14H15Cl2NO. The third-order valence-corrected chi connectivity index (χ3v) is 4.92. The molecule has 1 saturated carbocycles. The van der Waals surface area contributed by atoms with Crippen molar-refractivity contribution < 1.29 is 4.79 Å². The highest BCUT2D eigenvalue weighted by molar-refractivity contribution is 6.42. The van der Waals surface area contributed by atoms with Crippen LogP contribution in [0.2, 0.25) is 10.0 Å². The van der Waals surface area contributed by atoms with Gasteiger partial charge in [-0.1, -0.05) is 35.3 Å². The van der Waals surface area contributed by atoms with E-state index in [0.717, 1.165) is 31.5 Å². The second kappa shape index (κ2) is 4.52. The summed E-state index contributed by atoms with van der Waals surface area (Å²) in [5.41, 5.74) is 1.17. The SMILES string of the molecule is O=C1CCN(C2(c3cccc(Cl)c3Cl)CC2)CC1. The molecule has 0 radical (unpaired) electrons. The molecule has 0 unspecified atom stereocenters. The van der Waals surface area contributed by atoms with Gasteiger partial charge in [0.1, 0.15) is 5.78 Å². The van der Waals surface area contributed by atoms with Crippen molar-refractivity contribution in [1.82, 2.24) is 4.90 Å². The first kappa shape index (κ1) is 12.5. The minimum absolute atomic E-state index is 0.0443. The third-order valence-electron chi connectivity index (χ3n) is 4.10. The van der Waals surface area contributed by atoms with E-state index in [1.54, 1.807) is 0 Å². The number of nitrogens with zero attached hydrogens (tertiary/aromatic N) is 1. The number of carbonyl (C=O) groups excluding carboxylic acids is 1. The molecule has 0 spiro atoms. The van der Waals surface area contributed by atoms with Crippen molar-refractivity contribution in [2.45, 2.75) is 31.2 Å². The van der Waals surface area contributed by atoms with Crippen LogP contribution in [0.5, 0.6) is 0 Å². The van der Waals surface area contributed by atoms with Crippen molar-refractivity contribution in [1.29, 1.82) is 0 Å². The molecule has 18 heavy (non-hydrogen) atoms. The van der Waals surface area contributed by atoms with Crippen molar-refractivity contribution in [3.05, 3.63) is 33.8 Å². The van der Waals surface area contributed by atoms with E-state index in [1.165, 1.54) is 0 Å². The van der Waals surface area contributed by atoms with Crippen molar-refractivity contribution in [2.24, 2.45) is 0 Å². The summed E-state index contributed by atoms with van der Waals surface area (Å²) < 4.78 is 0. The van der Waals surface area contributed by atoms with Crippen molar-refractivity contribution >= 4 is 29.0 Å². The highest BCUT2D eigenvalue weighted by atomic mass is 35.5. The molecule has 2 nitrogen and oxygen atoms in total. The molecule has 1 aliphatic heterocycles. The van der Waals surface area contributed by atoms with E-state index in [9.17, 15) is 4.79 Å². The average Bonchev–Trinajstić information content (AvgIpc) is 3.15. The normalized spacial score (nSPS) is 23.1. The van der Waals surface area contributed by atoms with Gasteiger partial charge in [-0.05, 0) is 24.5 Å². The van der Waals surface area contributed by atoms with E-state index in [0.29, 0.717) is 28.7 Å². The Morgan fingerprint density at radius 2 is 1.78 bits per heavy atom. The molecule has 0 N–H and O–H groups in total. The van der Waals surface area contributed by atoms with Gasteiger partial charge in [0, 0.05) is 31.5 Å². The van der Waals surface area contributed by atoms with Crippen molar-refractivity contribution in [2.75, 3.05) is 13.1 Å². The van der Waals surface area contributed by atoms with Crippen LogP contribution in [0.1, 0.15) is 31.2 Å². The summed E-state index contributed by atoms with van der Waals surface area (Å²) in [6, 6.07) is 5.85. The fourth-order valence-electron chi connectivity index (χ4n) is 2.92. The molecule has 4 heteroatoms. The number of piperidine rings is 1. The Morgan fingerprint density at radius 1 is 1.11 bits per heavy atom. The molecule has 0 bridgehead atoms. The molecular weight excluding hydrogens is 269 g/mol. The molecule has 0 amide bonds. The summed E-state index contributed by atoms with van der Waals surface area (Å²) in [5.74, 6) is 0.374. The summed E-state index contributed by atoms with van der Waals surface area (Å²) in [6.45, 7) is 1.70. The Bertz CT molecular complexity index is 487. The van der Waals surface area contributed by atoms with Crippen LogP contribution in [-0.4, -0.2) is 23.8 Å². The van der Waals surface area contributed by atoms with Gasteiger partial charge >= 0.3 is 0 Å². The number of rotatable bonds is 2. The zero-order valence-electron chi connectivity index (χ0n) is 10.1. The Balaban J connectivity index is 1.91. The van der Waals surface area contributed by atoms with Crippen LogP contribution in [-0.2, 0) is 10.3 Å². The average molecular weight is 284 g/mol. The van der Waals surface area contributed by atoms with Gasteiger partial charge in [0.15, 0.2) is 0 Å². The number of halogens is 2. The number of carbonyl (C=O) groups is 1. The van der Waals surface area contributed by atoms with Crippen LogP contribution in [0.15, 0.2) is 18.2 Å². The lowest BCUT2D eigenvalue weighted by Gasteiger charge is -2.35. The van der Waals surface area contributed by atoms with Gasteiger partial charge in [-0.3, -0.25) is 9.69 Å². The van der Waals surface area contributed by atoms with E-state index in [-0.39, 0.29) is 5.54 Å². The van der Waals surface area contributed by atoms with E-state index in [2.05, 4.69) is 11.0 Å². The Kier molecular flexibility index (Phi) is 3.13. The Morgan fingerprint density at radius 3 is 2.39 bits per heavy atom. The third kappa shape index (κ3) is 1.97. The summed E-state index contributed by atoms with van der Waals surface area (Å²) in [7, 11) is 0. The first-order valence-electron chi connectivity index (χ1n) is 6.35. The maximum absolute atomic E-state index is 11.3. The summed E-state index contributed by atoms with van der Waals surface area (Å²) in [6.07, 6.45) is 3.56. The molecule has 1 saturated heterocycles. The maximum Gasteiger partial charge on any atom is 0.135 e. The van der Waals surface area contributed by atoms with Crippen LogP contribution < -0.4 is 0 Å². The number of ketones is 1. The highest BCUT2D eigenvalue weighted by Gasteiger charge is 2.51. The molecule has 3 rings (SSSR count). The van der Waals surface area contributed by atoms with Crippen molar-refractivity contribution in [3.63, 3.8) is 0 Å². The molecule has 1 aromatic carbocycles. The topological polar surface area (TPSA) is 20.3 Å². The van der Waals surface area contributed by atoms with Crippen LogP contribution in [0.3, 0.4) is 0 Å². The van der Waals surface area contributed by atoms with Gasteiger partial charge in [-0.2, -0.15) is 0 Å². The van der Waals surface area contributed by atoms with E-state index in [4.69, 9.17) is 23.2 Å². The fraction of sp³-hybridized carbons (Fsp3) is 0.500. The summed E-state index contributed by atoms with van der Waals surface area (Å²) >= 11 is 12.4. The minimum atomic E-state index is 0.0443. The number of hydrogen-bond donors (Lipinski definition) is 0. The van der Waals surface area contributed by atoms with Gasteiger partial charge < -0.3 is 0 Å². The standard InChI is InChI=1S/C14H15Cl2NO/c15-12-3-1-2-11(13(12)16)14(6-7-14)17-8-4-10(18)5-9-17/h1-3H,4-9H2. The zero-order chi connectivity index (χ0) is 12.8. The maximum atomic E-state index is 11.3.